The van der Waals surface area contributed by atoms with Crippen molar-refractivity contribution in [3.8, 4) is 0 Å². The molecule has 0 saturated heterocycles. The quantitative estimate of drug-likeness (QED) is 0.573. The third-order valence-corrected chi connectivity index (χ3v) is 4.54. The number of nitrogens with zero attached hydrogens (tertiary/aromatic N) is 1. The second kappa shape index (κ2) is 7.53. The van der Waals surface area contributed by atoms with Crippen LogP contribution in [0.2, 0.25) is 0 Å². The number of Topliss-reactive ketones (excluding diaryl/α,β-unsaturated/α-hetero) is 1. The summed E-state index contributed by atoms with van der Waals surface area (Å²) in [6.45, 7) is 8.87. The van der Waals surface area contributed by atoms with Gasteiger partial charge in [0.15, 0.2) is 5.78 Å². The molecule has 0 aromatic carbocycles. The van der Waals surface area contributed by atoms with Gasteiger partial charge in [-0.1, -0.05) is 6.92 Å². The molecule has 0 aliphatic carbocycles. The van der Waals surface area contributed by atoms with Crippen molar-refractivity contribution in [2.24, 2.45) is 0 Å². The first-order valence-corrected chi connectivity index (χ1v) is 7.83. The van der Waals surface area contributed by atoms with Crippen LogP contribution in [0.15, 0.2) is 6.07 Å². The van der Waals surface area contributed by atoms with Gasteiger partial charge in [-0.2, -0.15) is 0 Å². The summed E-state index contributed by atoms with van der Waals surface area (Å²) in [5.74, 6) is 0.285. The van der Waals surface area contributed by atoms with Crippen LogP contribution < -0.4 is 0 Å². The monoisotopic (exact) mass is 297 g/mol. The van der Waals surface area contributed by atoms with Gasteiger partial charge in [0.1, 0.15) is 0 Å². The van der Waals surface area contributed by atoms with Gasteiger partial charge in [0.2, 0.25) is 0 Å². The van der Waals surface area contributed by atoms with Gasteiger partial charge in [0.05, 0.1) is 19.3 Å². The van der Waals surface area contributed by atoms with E-state index < -0.39 is 0 Å². The fraction of sp³-hybridized carbons (Fsp3) is 0.600. The first-order chi connectivity index (χ1) is 9.40. The lowest BCUT2D eigenvalue weighted by Gasteiger charge is -2.09. The van der Waals surface area contributed by atoms with E-state index in [4.69, 9.17) is 0 Å². The first kappa shape index (κ1) is 16.8. The molecule has 0 unspecified atom stereocenters. The fourth-order valence-electron chi connectivity index (χ4n) is 2.24. The van der Waals surface area contributed by atoms with E-state index in [1.165, 1.54) is 18.9 Å². The molecule has 0 saturated carbocycles. The minimum Gasteiger partial charge on any atom is -0.469 e. The van der Waals surface area contributed by atoms with Crippen molar-refractivity contribution in [3.63, 3.8) is 0 Å². The summed E-state index contributed by atoms with van der Waals surface area (Å²) >= 11 is 1.49. The number of methoxy groups -OCH3 is 1. The van der Waals surface area contributed by atoms with Crippen molar-refractivity contribution in [1.29, 1.82) is 0 Å². The molecule has 112 valence electrons. The SMILES string of the molecule is CCn1c(C)cc(C(=O)CS[C@@H](C)CC(=O)OC)c1C. The van der Waals surface area contributed by atoms with E-state index in [-0.39, 0.29) is 17.0 Å². The maximum Gasteiger partial charge on any atom is 0.306 e. The Balaban J connectivity index is 2.62. The molecule has 0 N–H and O–H groups in total. The first-order valence-electron chi connectivity index (χ1n) is 6.79. The molecule has 0 amide bonds. The average Bonchev–Trinajstić information content (AvgIpc) is 2.70. The van der Waals surface area contributed by atoms with Crippen molar-refractivity contribution in [1.82, 2.24) is 4.57 Å². The van der Waals surface area contributed by atoms with Crippen LogP contribution in [-0.4, -0.2) is 34.4 Å². The summed E-state index contributed by atoms with van der Waals surface area (Å²) in [5, 5.41) is 0.0843. The molecule has 1 heterocycles. The number of esters is 1. The molecule has 0 radical (unpaired) electrons. The smallest absolute Gasteiger partial charge is 0.306 e. The summed E-state index contributed by atoms with van der Waals surface area (Å²) in [7, 11) is 1.38. The lowest BCUT2D eigenvalue weighted by molar-refractivity contribution is -0.140. The summed E-state index contributed by atoms with van der Waals surface area (Å²) < 4.78 is 6.76. The van der Waals surface area contributed by atoms with Gasteiger partial charge < -0.3 is 9.30 Å². The lowest BCUT2D eigenvalue weighted by atomic mass is 10.2. The predicted molar refractivity (Wildman–Crippen MR) is 82.5 cm³/mol. The molecule has 4 nitrogen and oxygen atoms in total. The number of rotatable bonds is 7. The number of thioether (sulfide) groups is 1. The number of hydrogen-bond acceptors (Lipinski definition) is 4. The lowest BCUT2D eigenvalue weighted by Crippen LogP contribution is -2.12. The standard InChI is InChI=1S/C15H23NO3S/c1-6-16-10(2)7-13(12(16)4)14(17)9-20-11(3)8-15(18)19-5/h7,11H,6,8-9H2,1-5H3/t11-/m0/s1. The van der Waals surface area contributed by atoms with E-state index in [1.807, 2.05) is 26.8 Å². The topological polar surface area (TPSA) is 48.3 Å². The van der Waals surface area contributed by atoms with Crippen LogP contribution in [-0.2, 0) is 16.1 Å². The van der Waals surface area contributed by atoms with E-state index in [0.29, 0.717) is 12.2 Å². The predicted octanol–water partition coefficient (Wildman–Crippen LogP) is 2.99. The molecule has 0 aliphatic rings. The van der Waals surface area contributed by atoms with Gasteiger partial charge in [0, 0.05) is 28.7 Å². The van der Waals surface area contributed by atoms with E-state index in [1.54, 1.807) is 0 Å². The highest BCUT2D eigenvalue weighted by atomic mass is 32.2. The largest absolute Gasteiger partial charge is 0.469 e. The van der Waals surface area contributed by atoms with Crippen molar-refractivity contribution in [2.45, 2.75) is 45.9 Å². The molecule has 0 aliphatic heterocycles. The third kappa shape index (κ3) is 4.13. The molecular formula is C15H23NO3S. The highest BCUT2D eigenvalue weighted by Gasteiger charge is 2.17. The molecule has 20 heavy (non-hydrogen) atoms. The number of carbonyl (C=O) groups excluding carboxylic acids is 2. The zero-order valence-electron chi connectivity index (χ0n) is 12.9. The number of hydrogen-bond donors (Lipinski definition) is 0. The number of aromatic nitrogens is 1. The normalized spacial score (nSPS) is 12.2. The van der Waals surface area contributed by atoms with E-state index in [2.05, 4.69) is 16.2 Å². The second-order valence-corrected chi connectivity index (χ2v) is 6.28. The second-order valence-electron chi connectivity index (χ2n) is 4.85. The fourth-order valence-corrected chi connectivity index (χ4v) is 3.09. The molecule has 0 spiro atoms. The Morgan fingerprint density at radius 3 is 2.55 bits per heavy atom. The number of aryl methyl sites for hydroxylation is 1. The van der Waals surface area contributed by atoms with Crippen molar-refractivity contribution in [2.75, 3.05) is 12.9 Å². The van der Waals surface area contributed by atoms with Crippen LogP contribution in [0.1, 0.15) is 42.0 Å². The number of carbonyl (C=O) groups is 2. The molecule has 1 aromatic rings. The Morgan fingerprint density at radius 2 is 2.05 bits per heavy atom. The molecule has 1 atom stereocenters. The Hall–Kier alpha value is -1.23. The van der Waals surface area contributed by atoms with Crippen molar-refractivity contribution in [3.05, 3.63) is 23.0 Å². The Morgan fingerprint density at radius 1 is 1.40 bits per heavy atom. The maximum atomic E-state index is 12.3. The van der Waals surface area contributed by atoms with Crippen molar-refractivity contribution >= 4 is 23.5 Å². The summed E-state index contributed by atoms with van der Waals surface area (Å²) in [6.07, 6.45) is 0.336. The zero-order valence-corrected chi connectivity index (χ0v) is 13.7. The van der Waals surface area contributed by atoms with Gasteiger partial charge in [-0.15, -0.1) is 11.8 Å². The molecule has 0 fully saturated rings. The highest BCUT2D eigenvalue weighted by molar-refractivity contribution is 8.00. The molecular weight excluding hydrogens is 274 g/mol. The van der Waals surface area contributed by atoms with Crippen molar-refractivity contribution < 1.29 is 14.3 Å². The van der Waals surface area contributed by atoms with E-state index >= 15 is 0 Å². The van der Waals surface area contributed by atoms with Gasteiger partial charge in [0.25, 0.3) is 0 Å². The third-order valence-electron chi connectivity index (χ3n) is 3.37. The average molecular weight is 297 g/mol. The summed E-state index contributed by atoms with van der Waals surface area (Å²) in [6, 6.07) is 1.95. The Labute approximate surface area is 124 Å². The van der Waals surface area contributed by atoms with Crippen LogP contribution in [0.5, 0.6) is 0 Å². The summed E-state index contributed by atoms with van der Waals surface area (Å²) in [4.78, 5) is 23.4. The van der Waals surface area contributed by atoms with Crippen LogP contribution in [0.25, 0.3) is 0 Å². The minimum absolute atomic E-state index is 0.0843. The summed E-state index contributed by atoms with van der Waals surface area (Å²) in [5.41, 5.74) is 2.93. The van der Waals surface area contributed by atoms with Gasteiger partial charge >= 0.3 is 5.97 Å². The molecule has 1 rings (SSSR count). The van der Waals surface area contributed by atoms with Gasteiger partial charge in [-0.05, 0) is 26.8 Å². The number of ether oxygens (including phenoxy) is 1. The zero-order chi connectivity index (χ0) is 15.3. The Bertz CT molecular complexity index is 494. The minimum atomic E-state index is -0.235. The van der Waals surface area contributed by atoms with E-state index in [0.717, 1.165) is 23.5 Å². The van der Waals surface area contributed by atoms with E-state index in [9.17, 15) is 9.59 Å². The van der Waals surface area contributed by atoms with Crippen LogP contribution in [0.3, 0.4) is 0 Å². The van der Waals surface area contributed by atoms with Crippen LogP contribution >= 0.6 is 11.8 Å². The van der Waals surface area contributed by atoms with Crippen LogP contribution in [0, 0.1) is 13.8 Å². The Kier molecular flexibility index (Phi) is 6.33. The molecule has 5 heteroatoms. The van der Waals surface area contributed by atoms with Gasteiger partial charge in [-0.25, -0.2) is 0 Å². The number of ketones is 1. The van der Waals surface area contributed by atoms with Gasteiger partial charge in [-0.3, -0.25) is 9.59 Å². The maximum absolute atomic E-state index is 12.3. The highest BCUT2D eigenvalue weighted by Crippen LogP contribution is 2.20. The van der Waals surface area contributed by atoms with Crippen LogP contribution in [0.4, 0.5) is 0 Å². The molecule has 0 bridgehead atoms. The molecule has 1 aromatic heterocycles.